The van der Waals surface area contributed by atoms with Crippen molar-refractivity contribution in [2.75, 3.05) is 31.5 Å². The highest BCUT2D eigenvalue weighted by molar-refractivity contribution is 6.30. The van der Waals surface area contributed by atoms with E-state index in [0.717, 1.165) is 31.5 Å². The Morgan fingerprint density at radius 1 is 1.07 bits per heavy atom. The van der Waals surface area contributed by atoms with E-state index < -0.39 is 0 Å². The molecule has 158 valence electrons. The third-order valence-corrected chi connectivity index (χ3v) is 6.09. The topological polar surface area (TPSA) is 55.9 Å². The molecule has 2 aliphatic heterocycles. The van der Waals surface area contributed by atoms with E-state index in [-0.39, 0.29) is 18.1 Å². The van der Waals surface area contributed by atoms with Crippen molar-refractivity contribution in [3.63, 3.8) is 0 Å². The molecule has 0 atom stereocenters. The monoisotopic (exact) mass is 426 g/mol. The van der Waals surface area contributed by atoms with Gasteiger partial charge in [-0.15, -0.1) is 0 Å². The number of hydrogen-bond donors (Lipinski definition) is 1. The molecule has 0 radical (unpaired) electrons. The number of carbonyl (C=O) groups excluding carboxylic acids is 2. The summed E-state index contributed by atoms with van der Waals surface area (Å²) in [5, 5.41) is 3.49. The van der Waals surface area contributed by atoms with Gasteiger partial charge in [-0.05, 0) is 43.5 Å². The van der Waals surface area contributed by atoms with Crippen LogP contribution in [0.4, 0.5) is 15.3 Å². The average molecular weight is 427 g/mol. The number of nitrogens with zero attached hydrogens (tertiary/aromatic N) is 3. The lowest BCUT2D eigenvalue weighted by molar-refractivity contribution is 0.139. The van der Waals surface area contributed by atoms with Crippen LogP contribution in [0, 0.1) is 6.92 Å². The van der Waals surface area contributed by atoms with Crippen LogP contribution in [0.3, 0.4) is 0 Å². The lowest BCUT2D eigenvalue weighted by Crippen LogP contribution is -2.49. The number of rotatable bonds is 4. The summed E-state index contributed by atoms with van der Waals surface area (Å²) in [7, 11) is 0. The average Bonchev–Trinajstić information content (AvgIpc) is 3.08. The number of hydrogen-bond acceptors (Lipinski definition) is 2. The van der Waals surface area contributed by atoms with Gasteiger partial charge in [0.1, 0.15) is 0 Å². The van der Waals surface area contributed by atoms with Gasteiger partial charge in [0.25, 0.3) is 0 Å². The molecule has 2 aromatic carbocycles. The van der Waals surface area contributed by atoms with Gasteiger partial charge in [0.2, 0.25) is 0 Å². The van der Waals surface area contributed by atoms with Gasteiger partial charge >= 0.3 is 12.1 Å². The van der Waals surface area contributed by atoms with Crippen LogP contribution in [0.25, 0.3) is 0 Å². The smallest absolute Gasteiger partial charge is 0.321 e. The Bertz CT molecular complexity index is 927. The number of carbonyl (C=O) groups is 2. The first-order chi connectivity index (χ1) is 14.5. The molecule has 6 nitrogen and oxygen atoms in total. The molecule has 0 aliphatic carbocycles. The second-order valence-corrected chi connectivity index (χ2v) is 8.48. The van der Waals surface area contributed by atoms with Crippen LogP contribution in [0.5, 0.6) is 0 Å². The highest BCUT2D eigenvalue weighted by atomic mass is 35.5. The second kappa shape index (κ2) is 8.96. The molecular weight excluding hydrogens is 400 g/mol. The maximum Gasteiger partial charge on any atom is 0.321 e. The fourth-order valence-corrected chi connectivity index (χ4v) is 4.46. The van der Waals surface area contributed by atoms with Crippen molar-refractivity contribution in [3.05, 3.63) is 64.7 Å². The van der Waals surface area contributed by atoms with Gasteiger partial charge in [-0.3, -0.25) is 0 Å². The molecule has 0 saturated carbocycles. The number of urea groups is 2. The van der Waals surface area contributed by atoms with Crippen LogP contribution in [0.15, 0.2) is 48.5 Å². The van der Waals surface area contributed by atoms with Crippen LogP contribution in [-0.2, 0) is 6.54 Å². The van der Waals surface area contributed by atoms with E-state index >= 15 is 0 Å². The number of aryl methyl sites for hydroxylation is 1. The SMILES string of the molecule is Cc1cccc(CN2CCN(C3CCN(C(=O)Nc4cccc(Cl)c4)CC3)C2=O)c1. The van der Waals surface area contributed by atoms with E-state index in [0.29, 0.717) is 30.3 Å². The normalized spacial score (nSPS) is 17.5. The van der Waals surface area contributed by atoms with Crippen molar-refractivity contribution < 1.29 is 9.59 Å². The zero-order valence-corrected chi connectivity index (χ0v) is 17.9. The quantitative estimate of drug-likeness (QED) is 0.777. The molecule has 4 rings (SSSR count). The molecule has 0 bridgehead atoms. The van der Waals surface area contributed by atoms with Crippen molar-refractivity contribution in [2.45, 2.75) is 32.4 Å². The summed E-state index contributed by atoms with van der Waals surface area (Å²) in [6.45, 7) is 5.50. The van der Waals surface area contributed by atoms with E-state index in [1.54, 1.807) is 12.1 Å². The van der Waals surface area contributed by atoms with Crippen LogP contribution in [0.2, 0.25) is 5.02 Å². The summed E-state index contributed by atoms with van der Waals surface area (Å²) in [4.78, 5) is 31.2. The predicted octanol–water partition coefficient (Wildman–Crippen LogP) is 4.58. The molecular formula is C23H27ClN4O2. The van der Waals surface area contributed by atoms with Crippen LogP contribution < -0.4 is 5.32 Å². The van der Waals surface area contributed by atoms with Crippen LogP contribution in [-0.4, -0.2) is 59.0 Å². The van der Waals surface area contributed by atoms with Crippen molar-refractivity contribution in [1.82, 2.24) is 14.7 Å². The van der Waals surface area contributed by atoms with Crippen LogP contribution in [0.1, 0.15) is 24.0 Å². The van der Waals surface area contributed by atoms with E-state index in [1.165, 1.54) is 5.56 Å². The summed E-state index contributed by atoms with van der Waals surface area (Å²) in [5.41, 5.74) is 3.06. The molecule has 1 N–H and O–H groups in total. The second-order valence-electron chi connectivity index (χ2n) is 8.05. The first-order valence-electron chi connectivity index (χ1n) is 10.4. The molecule has 0 unspecified atom stereocenters. The fraction of sp³-hybridized carbons (Fsp3) is 0.391. The standard InChI is InChI=1S/C23H27ClN4O2/c1-17-4-2-5-18(14-17)16-27-12-13-28(23(27)30)21-8-10-26(11-9-21)22(29)25-20-7-3-6-19(24)15-20/h2-7,14-15,21H,8-13,16H2,1H3,(H,25,29). The third kappa shape index (κ3) is 4.70. The predicted molar refractivity (Wildman–Crippen MR) is 119 cm³/mol. The molecule has 2 heterocycles. The Hall–Kier alpha value is -2.73. The highest BCUT2D eigenvalue weighted by Gasteiger charge is 2.36. The number of benzene rings is 2. The van der Waals surface area contributed by atoms with Crippen LogP contribution >= 0.6 is 11.6 Å². The Balaban J connectivity index is 1.29. The zero-order chi connectivity index (χ0) is 21.1. The summed E-state index contributed by atoms with van der Waals surface area (Å²) in [6.07, 6.45) is 1.60. The van der Waals surface area contributed by atoms with Gasteiger partial charge in [0, 0.05) is 49.5 Å². The van der Waals surface area contributed by atoms with Crippen molar-refractivity contribution >= 4 is 29.4 Å². The third-order valence-electron chi connectivity index (χ3n) is 5.85. The molecule has 2 saturated heterocycles. The maximum atomic E-state index is 12.9. The molecule has 0 aromatic heterocycles. The van der Waals surface area contributed by atoms with Gasteiger partial charge in [-0.2, -0.15) is 0 Å². The zero-order valence-electron chi connectivity index (χ0n) is 17.2. The number of amides is 4. The summed E-state index contributed by atoms with van der Waals surface area (Å²) < 4.78 is 0. The highest BCUT2D eigenvalue weighted by Crippen LogP contribution is 2.24. The first kappa shape index (κ1) is 20.5. The minimum Gasteiger partial charge on any atom is -0.324 e. The molecule has 7 heteroatoms. The lowest BCUT2D eigenvalue weighted by atomic mass is 10.0. The number of anilines is 1. The molecule has 30 heavy (non-hydrogen) atoms. The number of nitrogens with one attached hydrogen (secondary N) is 1. The van der Waals surface area contributed by atoms with Gasteiger partial charge < -0.3 is 20.0 Å². The molecule has 2 aromatic rings. The van der Waals surface area contributed by atoms with Crippen molar-refractivity contribution in [3.8, 4) is 0 Å². The lowest BCUT2D eigenvalue weighted by Gasteiger charge is -2.36. The Kier molecular flexibility index (Phi) is 6.13. The maximum absolute atomic E-state index is 12.9. The van der Waals surface area contributed by atoms with E-state index in [2.05, 4.69) is 30.4 Å². The molecule has 2 aliphatic rings. The fourth-order valence-electron chi connectivity index (χ4n) is 4.27. The molecule has 0 spiro atoms. The Morgan fingerprint density at radius 2 is 1.83 bits per heavy atom. The van der Waals surface area contributed by atoms with Gasteiger partial charge in [-0.25, -0.2) is 9.59 Å². The van der Waals surface area contributed by atoms with Gasteiger partial charge in [0.15, 0.2) is 0 Å². The van der Waals surface area contributed by atoms with E-state index in [4.69, 9.17) is 11.6 Å². The van der Waals surface area contributed by atoms with E-state index in [9.17, 15) is 9.59 Å². The summed E-state index contributed by atoms with van der Waals surface area (Å²) in [5.74, 6) is 0. The largest absolute Gasteiger partial charge is 0.324 e. The van der Waals surface area contributed by atoms with Crippen molar-refractivity contribution in [2.24, 2.45) is 0 Å². The molecule has 2 fully saturated rings. The minimum atomic E-state index is -0.121. The first-order valence-corrected chi connectivity index (χ1v) is 10.8. The number of piperidine rings is 1. The summed E-state index contributed by atoms with van der Waals surface area (Å²) in [6, 6.07) is 15.6. The van der Waals surface area contributed by atoms with E-state index in [1.807, 2.05) is 32.9 Å². The number of likely N-dealkylation sites (tertiary alicyclic amines) is 1. The Morgan fingerprint density at radius 3 is 2.57 bits per heavy atom. The van der Waals surface area contributed by atoms with Gasteiger partial charge in [0.05, 0.1) is 0 Å². The van der Waals surface area contributed by atoms with Gasteiger partial charge in [-0.1, -0.05) is 47.5 Å². The number of halogens is 1. The summed E-state index contributed by atoms with van der Waals surface area (Å²) >= 11 is 5.98. The Labute approximate surface area is 182 Å². The van der Waals surface area contributed by atoms with Crippen molar-refractivity contribution in [1.29, 1.82) is 0 Å². The minimum absolute atomic E-state index is 0.110. The molecule has 4 amide bonds.